The highest BCUT2D eigenvalue weighted by molar-refractivity contribution is 5.94. The first kappa shape index (κ1) is 18.6. The van der Waals surface area contributed by atoms with Crippen LogP contribution in [0, 0.1) is 19.3 Å². The molecular formula is C18H25N5O2. The van der Waals surface area contributed by atoms with E-state index in [1.165, 1.54) is 6.92 Å². The van der Waals surface area contributed by atoms with Crippen LogP contribution in [-0.2, 0) is 4.79 Å². The highest BCUT2D eigenvalue weighted by Crippen LogP contribution is 2.14. The van der Waals surface area contributed by atoms with Crippen LogP contribution in [0.1, 0.15) is 42.8 Å². The Bertz CT molecular complexity index is 762. The molecule has 0 atom stereocenters. The molecule has 0 saturated heterocycles. The minimum Gasteiger partial charge on any atom is -0.356 e. The normalized spacial score (nSPS) is 11.2. The van der Waals surface area contributed by atoms with Gasteiger partial charge in [-0.2, -0.15) is 5.10 Å². The van der Waals surface area contributed by atoms with Crippen LogP contribution in [0.3, 0.4) is 0 Å². The molecule has 134 valence electrons. The van der Waals surface area contributed by atoms with Gasteiger partial charge in [0.1, 0.15) is 11.6 Å². The number of nitrogens with one attached hydrogen (secondary N) is 2. The van der Waals surface area contributed by atoms with Crippen molar-refractivity contribution in [2.24, 2.45) is 5.41 Å². The van der Waals surface area contributed by atoms with Crippen LogP contribution in [0.15, 0.2) is 24.3 Å². The number of hydrogen-bond donors (Lipinski definition) is 2. The van der Waals surface area contributed by atoms with Crippen molar-refractivity contribution in [3.8, 4) is 5.69 Å². The van der Waals surface area contributed by atoms with E-state index in [1.54, 1.807) is 16.8 Å². The summed E-state index contributed by atoms with van der Waals surface area (Å²) < 4.78 is 1.74. The number of aromatic nitrogens is 3. The molecule has 2 aromatic rings. The monoisotopic (exact) mass is 343 g/mol. The minimum atomic E-state index is -0.226. The largest absolute Gasteiger partial charge is 0.356 e. The molecule has 7 heteroatoms. The lowest BCUT2D eigenvalue weighted by molar-refractivity contribution is -0.119. The van der Waals surface area contributed by atoms with Crippen LogP contribution in [0.2, 0.25) is 0 Å². The summed E-state index contributed by atoms with van der Waals surface area (Å²) in [6.45, 7) is 10.2. The number of amides is 2. The number of rotatable bonds is 6. The predicted octanol–water partition coefficient (Wildman–Crippen LogP) is 1.78. The first-order valence-electron chi connectivity index (χ1n) is 8.21. The maximum Gasteiger partial charge on any atom is 0.251 e. The van der Waals surface area contributed by atoms with Crippen molar-refractivity contribution in [3.05, 3.63) is 41.5 Å². The molecule has 7 nitrogen and oxygen atoms in total. The molecule has 2 rings (SSSR count). The summed E-state index contributed by atoms with van der Waals surface area (Å²) in [5.74, 6) is 1.29. The lowest BCUT2D eigenvalue weighted by atomic mass is 9.93. The van der Waals surface area contributed by atoms with E-state index in [9.17, 15) is 9.59 Å². The van der Waals surface area contributed by atoms with Gasteiger partial charge in [0.05, 0.1) is 5.69 Å². The van der Waals surface area contributed by atoms with Gasteiger partial charge in [-0.25, -0.2) is 9.67 Å². The zero-order chi connectivity index (χ0) is 18.6. The molecule has 1 aromatic heterocycles. The van der Waals surface area contributed by atoms with Crippen molar-refractivity contribution < 1.29 is 9.59 Å². The molecule has 25 heavy (non-hydrogen) atoms. The summed E-state index contributed by atoms with van der Waals surface area (Å²) >= 11 is 0. The topological polar surface area (TPSA) is 88.9 Å². The van der Waals surface area contributed by atoms with E-state index >= 15 is 0 Å². The summed E-state index contributed by atoms with van der Waals surface area (Å²) in [7, 11) is 0. The van der Waals surface area contributed by atoms with E-state index in [0.29, 0.717) is 24.5 Å². The second-order valence-corrected chi connectivity index (χ2v) is 6.92. The molecule has 0 aliphatic carbocycles. The molecule has 1 heterocycles. The van der Waals surface area contributed by atoms with Crippen molar-refractivity contribution >= 4 is 11.8 Å². The van der Waals surface area contributed by atoms with Gasteiger partial charge in [0.15, 0.2) is 0 Å². The fourth-order valence-electron chi connectivity index (χ4n) is 2.37. The highest BCUT2D eigenvalue weighted by atomic mass is 16.2. The number of carbonyl (C=O) groups is 2. The van der Waals surface area contributed by atoms with Crippen LogP contribution in [0.4, 0.5) is 0 Å². The molecular weight excluding hydrogens is 318 g/mol. The van der Waals surface area contributed by atoms with Gasteiger partial charge in [0, 0.05) is 25.6 Å². The second kappa shape index (κ2) is 7.46. The van der Waals surface area contributed by atoms with Crippen LogP contribution in [-0.4, -0.2) is 39.7 Å². The maximum absolute atomic E-state index is 12.3. The van der Waals surface area contributed by atoms with E-state index in [0.717, 1.165) is 11.5 Å². The predicted molar refractivity (Wildman–Crippen MR) is 95.6 cm³/mol. The Morgan fingerprint density at radius 2 is 1.68 bits per heavy atom. The fourth-order valence-corrected chi connectivity index (χ4v) is 2.37. The van der Waals surface area contributed by atoms with Gasteiger partial charge >= 0.3 is 0 Å². The minimum absolute atomic E-state index is 0.0753. The average Bonchev–Trinajstić information content (AvgIpc) is 2.89. The van der Waals surface area contributed by atoms with E-state index in [4.69, 9.17) is 0 Å². The maximum atomic E-state index is 12.3. The van der Waals surface area contributed by atoms with Gasteiger partial charge < -0.3 is 10.6 Å². The third-order valence-electron chi connectivity index (χ3n) is 3.79. The van der Waals surface area contributed by atoms with E-state index in [1.807, 2.05) is 39.8 Å². The molecule has 0 saturated carbocycles. The van der Waals surface area contributed by atoms with Gasteiger partial charge in [0.2, 0.25) is 5.91 Å². The molecule has 0 aliphatic heterocycles. The number of nitrogens with zero attached hydrogens (tertiary/aromatic N) is 3. The molecule has 0 spiro atoms. The zero-order valence-corrected chi connectivity index (χ0v) is 15.4. The Labute approximate surface area is 147 Å². The third kappa shape index (κ3) is 5.14. The van der Waals surface area contributed by atoms with E-state index in [-0.39, 0.29) is 17.2 Å². The van der Waals surface area contributed by atoms with Gasteiger partial charge in [-0.3, -0.25) is 9.59 Å². The van der Waals surface area contributed by atoms with Crippen molar-refractivity contribution in [1.29, 1.82) is 0 Å². The van der Waals surface area contributed by atoms with Gasteiger partial charge in [-0.05, 0) is 43.5 Å². The van der Waals surface area contributed by atoms with Crippen LogP contribution in [0.25, 0.3) is 5.69 Å². The first-order chi connectivity index (χ1) is 11.7. The van der Waals surface area contributed by atoms with Crippen LogP contribution < -0.4 is 10.6 Å². The van der Waals surface area contributed by atoms with Gasteiger partial charge in [-0.15, -0.1) is 0 Å². The van der Waals surface area contributed by atoms with E-state index < -0.39 is 0 Å². The SMILES string of the molecule is CC(=O)NCC(C)(C)CNC(=O)c1ccc(-n2nc(C)nc2C)cc1. The molecule has 0 fully saturated rings. The Morgan fingerprint density at radius 1 is 1.08 bits per heavy atom. The lowest BCUT2D eigenvalue weighted by Gasteiger charge is -2.25. The summed E-state index contributed by atoms with van der Waals surface area (Å²) in [6, 6.07) is 7.22. The molecule has 0 unspecified atom stereocenters. The molecule has 2 N–H and O–H groups in total. The summed E-state index contributed by atoms with van der Waals surface area (Å²) in [6.07, 6.45) is 0. The highest BCUT2D eigenvalue weighted by Gasteiger charge is 2.19. The standard InChI is InChI=1S/C18H25N5O2/c1-12-21-13(2)23(22-12)16-8-6-15(7-9-16)17(25)20-11-18(4,5)10-19-14(3)24/h6-9H,10-11H2,1-5H3,(H,19,24)(H,20,25). The molecule has 0 radical (unpaired) electrons. The Morgan fingerprint density at radius 3 is 2.20 bits per heavy atom. The molecule has 2 amide bonds. The first-order valence-corrected chi connectivity index (χ1v) is 8.21. The van der Waals surface area contributed by atoms with Crippen molar-refractivity contribution in [3.63, 3.8) is 0 Å². The molecule has 0 bridgehead atoms. The zero-order valence-electron chi connectivity index (χ0n) is 15.4. The quantitative estimate of drug-likeness (QED) is 0.837. The van der Waals surface area contributed by atoms with E-state index in [2.05, 4.69) is 20.7 Å². The molecule has 0 aliphatic rings. The summed E-state index contributed by atoms with van der Waals surface area (Å²) in [5, 5.41) is 10.0. The third-order valence-corrected chi connectivity index (χ3v) is 3.79. The lowest BCUT2D eigenvalue weighted by Crippen LogP contribution is -2.41. The van der Waals surface area contributed by atoms with Crippen molar-refractivity contribution in [2.75, 3.05) is 13.1 Å². The number of hydrogen-bond acceptors (Lipinski definition) is 4. The van der Waals surface area contributed by atoms with Crippen LogP contribution in [0.5, 0.6) is 0 Å². The van der Waals surface area contributed by atoms with Gasteiger partial charge in [0.25, 0.3) is 5.91 Å². The second-order valence-electron chi connectivity index (χ2n) is 6.92. The Hall–Kier alpha value is -2.70. The van der Waals surface area contributed by atoms with Crippen LogP contribution >= 0.6 is 0 Å². The average molecular weight is 343 g/mol. The smallest absolute Gasteiger partial charge is 0.251 e. The number of aryl methyl sites for hydroxylation is 2. The Balaban J connectivity index is 1.98. The number of benzene rings is 1. The van der Waals surface area contributed by atoms with Crippen molar-refractivity contribution in [2.45, 2.75) is 34.6 Å². The Kier molecular flexibility index (Phi) is 5.56. The summed E-state index contributed by atoms with van der Waals surface area (Å²) in [4.78, 5) is 27.6. The van der Waals surface area contributed by atoms with Crippen molar-refractivity contribution in [1.82, 2.24) is 25.4 Å². The number of carbonyl (C=O) groups excluding carboxylic acids is 2. The van der Waals surface area contributed by atoms with Gasteiger partial charge in [-0.1, -0.05) is 13.8 Å². The fraction of sp³-hybridized carbons (Fsp3) is 0.444. The summed E-state index contributed by atoms with van der Waals surface area (Å²) in [5.41, 5.74) is 1.21. The molecule has 1 aromatic carbocycles.